The van der Waals surface area contributed by atoms with Crippen LogP contribution in [0.25, 0.3) is 0 Å². The molecule has 0 amide bonds. The molecule has 0 aromatic rings. The fourth-order valence-corrected chi connectivity index (χ4v) is 1.57. The van der Waals surface area contributed by atoms with E-state index in [1.807, 2.05) is 20.8 Å². The molecule has 0 bridgehead atoms. The Hall–Kier alpha value is -0.610. The maximum Gasteiger partial charge on any atom is 0.306 e. The van der Waals surface area contributed by atoms with Crippen LogP contribution in [0, 0.1) is 5.92 Å². The van der Waals surface area contributed by atoms with Crippen LogP contribution in [0.4, 0.5) is 0 Å². The fraction of sp³-hybridized carbons (Fsp3) is 0.900. The van der Waals surface area contributed by atoms with Crippen molar-refractivity contribution in [1.82, 2.24) is 5.48 Å². The maximum atomic E-state index is 10.7. The van der Waals surface area contributed by atoms with Crippen LogP contribution >= 0.6 is 0 Å². The van der Waals surface area contributed by atoms with Gasteiger partial charge >= 0.3 is 5.97 Å². The van der Waals surface area contributed by atoms with Crippen LogP contribution in [0.15, 0.2) is 0 Å². The van der Waals surface area contributed by atoms with E-state index in [1.54, 1.807) is 0 Å². The standard InChI is InChI=1S/C10H19NO3/c1-10(2,3)14-11-8-5-4-7(6-8)9(12)13/h7-8,11H,4-6H2,1-3H3,(H,12,13). The second-order valence-corrected chi connectivity index (χ2v) is 4.88. The monoisotopic (exact) mass is 201 g/mol. The zero-order valence-electron chi connectivity index (χ0n) is 9.04. The summed E-state index contributed by atoms with van der Waals surface area (Å²) in [5.74, 6) is -0.888. The molecular formula is C10H19NO3. The Kier molecular flexibility index (Phi) is 3.50. The number of carboxylic acid groups (broad SMARTS) is 1. The third-order valence-electron chi connectivity index (χ3n) is 2.31. The zero-order chi connectivity index (χ0) is 10.8. The van der Waals surface area contributed by atoms with Gasteiger partial charge in [0.15, 0.2) is 0 Å². The first-order valence-corrected chi connectivity index (χ1v) is 5.05. The minimum absolute atomic E-state index is 0.190. The van der Waals surface area contributed by atoms with Gasteiger partial charge in [-0.05, 0) is 40.0 Å². The average Bonchev–Trinajstić information content (AvgIpc) is 2.47. The maximum absolute atomic E-state index is 10.7. The SMILES string of the molecule is CC(C)(C)ONC1CCC(C(=O)O)C1. The van der Waals surface area contributed by atoms with Gasteiger partial charge in [0.1, 0.15) is 0 Å². The number of hydroxylamine groups is 1. The van der Waals surface area contributed by atoms with Crippen molar-refractivity contribution in [2.24, 2.45) is 5.92 Å². The van der Waals surface area contributed by atoms with Gasteiger partial charge in [0.05, 0.1) is 11.5 Å². The first kappa shape index (κ1) is 11.5. The average molecular weight is 201 g/mol. The number of carbonyl (C=O) groups is 1. The molecule has 2 unspecified atom stereocenters. The summed E-state index contributed by atoms with van der Waals surface area (Å²) in [6.45, 7) is 5.89. The molecule has 4 heteroatoms. The number of hydrogen-bond acceptors (Lipinski definition) is 3. The van der Waals surface area contributed by atoms with Crippen LogP contribution in [-0.4, -0.2) is 22.7 Å². The predicted octanol–water partition coefficient (Wildman–Crippen LogP) is 1.56. The summed E-state index contributed by atoms with van der Waals surface area (Å²) in [7, 11) is 0. The van der Waals surface area contributed by atoms with Crippen LogP contribution in [0.2, 0.25) is 0 Å². The molecule has 1 aliphatic rings. The topological polar surface area (TPSA) is 58.6 Å². The van der Waals surface area contributed by atoms with Gasteiger partial charge in [0.25, 0.3) is 0 Å². The molecule has 0 aromatic heterocycles. The normalized spacial score (nSPS) is 27.9. The third-order valence-corrected chi connectivity index (χ3v) is 2.31. The Morgan fingerprint density at radius 3 is 2.50 bits per heavy atom. The lowest BCUT2D eigenvalue weighted by Gasteiger charge is -2.22. The first-order valence-electron chi connectivity index (χ1n) is 5.05. The zero-order valence-corrected chi connectivity index (χ0v) is 9.04. The molecule has 0 spiro atoms. The molecule has 1 fully saturated rings. The van der Waals surface area contributed by atoms with Gasteiger partial charge in [0, 0.05) is 6.04 Å². The summed E-state index contributed by atoms with van der Waals surface area (Å²) in [6, 6.07) is 0.190. The van der Waals surface area contributed by atoms with E-state index in [-0.39, 0.29) is 17.6 Å². The van der Waals surface area contributed by atoms with Gasteiger partial charge in [-0.1, -0.05) is 0 Å². The lowest BCUT2D eigenvalue weighted by molar-refractivity contribution is -0.141. The van der Waals surface area contributed by atoms with Crippen molar-refractivity contribution in [2.75, 3.05) is 0 Å². The molecule has 0 aliphatic heterocycles. The molecule has 1 aliphatic carbocycles. The summed E-state index contributed by atoms with van der Waals surface area (Å²) in [5, 5.41) is 8.79. The molecule has 14 heavy (non-hydrogen) atoms. The van der Waals surface area contributed by atoms with Gasteiger partial charge in [0.2, 0.25) is 0 Å². The molecule has 82 valence electrons. The molecule has 0 radical (unpaired) electrons. The molecule has 1 saturated carbocycles. The van der Waals surface area contributed by atoms with Gasteiger partial charge in [-0.25, -0.2) is 0 Å². The van der Waals surface area contributed by atoms with Crippen molar-refractivity contribution < 1.29 is 14.7 Å². The Bertz CT molecular complexity index is 210. The molecule has 2 atom stereocenters. The van der Waals surface area contributed by atoms with E-state index in [0.29, 0.717) is 6.42 Å². The Morgan fingerprint density at radius 1 is 1.43 bits per heavy atom. The third kappa shape index (κ3) is 3.64. The summed E-state index contributed by atoms with van der Waals surface area (Å²) < 4.78 is 0. The highest BCUT2D eigenvalue weighted by Crippen LogP contribution is 2.26. The van der Waals surface area contributed by atoms with E-state index in [4.69, 9.17) is 9.94 Å². The smallest absolute Gasteiger partial charge is 0.306 e. The second-order valence-electron chi connectivity index (χ2n) is 4.88. The highest BCUT2D eigenvalue weighted by atomic mass is 16.7. The highest BCUT2D eigenvalue weighted by molar-refractivity contribution is 5.70. The van der Waals surface area contributed by atoms with Crippen LogP contribution < -0.4 is 5.48 Å². The summed E-state index contributed by atoms with van der Waals surface area (Å²) in [6.07, 6.45) is 2.30. The summed E-state index contributed by atoms with van der Waals surface area (Å²) in [5.41, 5.74) is 2.72. The number of carboxylic acids is 1. The van der Waals surface area contributed by atoms with Crippen LogP contribution in [0.1, 0.15) is 40.0 Å². The molecule has 0 heterocycles. The lowest BCUT2D eigenvalue weighted by Crippen LogP contribution is -2.35. The minimum Gasteiger partial charge on any atom is -0.481 e. The summed E-state index contributed by atoms with van der Waals surface area (Å²) in [4.78, 5) is 16.1. The van der Waals surface area contributed by atoms with Gasteiger partial charge < -0.3 is 5.11 Å². The Balaban J connectivity index is 2.26. The Labute approximate surface area is 84.6 Å². The molecule has 4 nitrogen and oxygen atoms in total. The van der Waals surface area contributed by atoms with Crippen LogP contribution in [-0.2, 0) is 9.63 Å². The predicted molar refractivity (Wildman–Crippen MR) is 52.7 cm³/mol. The van der Waals surface area contributed by atoms with Crippen LogP contribution in [0.5, 0.6) is 0 Å². The molecule has 2 N–H and O–H groups in total. The Morgan fingerprint density at radius 2 is 2.07 bits per heavy atom. The van der Waals surface area contributed by atoms with E-state index in [9.17, 15) is 4.79 Å². The number of hydrogen-bond donors (Lipinski definition) is 2. The second kappa shape index (κ2) is 4.28. The van der Waals surface area contributed by atoms with Gasteiger partial charge in [-0.15, -0.1) is 0 Å². The van der Waals surface area contributed by atoms with E-state index in [1.165, 1.54) is 0 Å². The van der Waals surface area contributed by atoms with E-state index < -0.39 is 5.97 Å². The first-order chi connectivity index (χ1) is 6.38. The number of rotatable bonds is 3. The highest BCUT2D eigenvalue weighted by Gasteiger charge is 2.30. The summed E-state index contributed by atoms with van der Waals surface area (Å²) >= 11 is 0. The molecule has 0 aromatic carbocycles. The van der Waals surface area contributed by atoms with Crippen LogP contribution in [0.3, 0.4) is 0 Å². The van der Waals surface area contributed by atoms with Gasteiger partial charge in [-0.3, -0.25) is 9.63 Å². The minimum atomic E-state index is -0.690. The van der Waals surface area contributed by atoms with Crippen molar-refractivity contribution >= 4 is 5.97 Å². The van der Waals surface area contributed by atoms with Crippen molar-refractivity contribution in [1.29, 1.82) is 0 Å². The molecule has 1 rings (SSSR count). The van der Waals surface area contributed by atoms with Crippen molar-refractivity contribution in [3.8, 4) is 0 Å². The van der Waals surface area contributed by atoms with E-state index >= 15 is 0 Å². The van der Waals surface area contributed by atoms with Gasteiger partial charge in [-0.2, -0.15) is 5.48 Å². The number of aliphatic carboxylic acids is 1. The van der Waals surface area contributed by atoms with Crippen molar-refractivity contribution in [3.63, 3.8) is 0 Å². The lowest BCUT2D eigenvalue weighted by atomic mass is 10.1. The fourth-order valence-electron chi connectivity index (χ4n) is 1.57. The van der Waals surface area contributed by atoms with E-state index in [2.05, 4.69) is 5.48 Å². The van der Waals surface area contributed by atoms with E-state index in [0.717, 1.165) is 12.8 Å². The van der Waals surface area contributed by atoms with Crippen molar-refractivity contribution in [3.05, 3.63) is 0 Å². The molecular weight excluding hydrogens is 182 g/mol. The van der Waals surface area contributed by atoms with Crippen molar-refractivity contribution in [2.45, 2.75) is 51.7 Å². The largest absolute Gasteiger partial charge is 0.481 e. The quantitative estimate of drug-likeness (QED) is 0.680. The molecule has 0 saturated heterocycles. The number of nitrogens with one attached hydrogen (secondary N) is 1.